The van der Waals surface area contributed by atoms with Gasteiger partial charge in [-0.1, -0.05) is 12.1 Å². The lowest BCUT2D eigenvalue weighted by Gasteiger charge is -2.30. The average Bonchev–Trinajstić information content (AvgIpc) is 2.71. The molecule has 3 rings (SSSR count). The molecule has 2 N–H and O–H groups in total. The number of aromatic nitrogens is 1. The van der Waals surface area contributed by atoms with Gasteiger partial charge < -0.3 is 15.5 Å². The molecular weight excluding hydrogens is 398 g/mol. The van der Waals surface area contributed by atoms with E-state index in [9.17, 15) is 9.59 Å². The van der Waals surface area contributed by atoms with Crippen LogP contribution in [-0.4, -0.2) is 49.9 Å². The molecule has 1 aliphatic rings. The number of carbonyl (C=O) groups excluding carboxylic acids is 2. The van der Waals surface area contributed by atoms with Crippen molar-refractivity contribution in [3.8, 4) is 0 Å². The van der Waals surface area contributed by atoms with Crippen molar-refractivity contribution < 1.29 is 9.59 Å². The number of hydrogen-bond acceptors (Lipinski definition) is 5. The second kappa shape index (κ2) is 9.84. The van der Waals surface area contributed by atoms with E-state index in [4.69, 9.17) is 0 Å². The molecule has 0 saturated heterocycles. The van der Waals surface area contributed by atoms with Crippen LogP contribution in [0.5, 0.6) is 0 Å². The third-order valence-corrected chi connectivity index (χ3v) is 5.86. The summed E-state index contributed by atoms with van der Waals surface area (Å²) in [6.45, 7) is 5.35. The van der Waals surface area contributed by atoms with Gasteiger partial charge in [-0.15, -0.1) is 11.8 Å². The molecule has 0 aliphatic carbocycles. The number of benzene rings is 1. The number of aryl methyl sites for hydroxylation is 2. The molecule has 0 unspecified atom stereocenters. The normalized spacial score (nSPS) is 12.9. The summed E-state index contributed by atoms with van der Waals surface area (Å²) in [6.07, 6.45) is 0.238. The van der Waals surface area contributed by atoms with Crippen LogP contribution in [0, 0.1) is 13.8 Å². The maximum absolute atomic E-state index is 12.7. The van der Waals surface area contributed by atoms with E-state index in [1.165, 1.54) is 0 Å². The lowest BCUT2D eigenvalue weighted by molar-refractivity contribution is -0.121. The minimum Gasteiger partial charge on any atom is -0.378 e. The zero-order chi connectivity index (χ0) is 21.7. The maximum atomic E-state index is 12.7. The Labute approximate surface area is 182 Å². The van der Waals surface area contributed by atoms with E-state index in [0.29, 0.717) is 19.6 Å². The lowest BCUT2D eigenvalue weighted by Crippen LogP contribution is -2.44. The Balaban J connectivity index is 1.46. The fourth-order valence-corrected chi connectivity index (χ4v) is 4.44. The Kier molecular flexibility index (Phi) is 7.20. The number of urea groups is 1. The molecule has 8 heteroatoms. The topological polar surface area (TPSA) is 77.6 Å². The molecule has 160 valence electrons. The molecule has 1 aliphatic heterocycles. The highest BCUT2D eigenvalue weighted by Crippen LogP contribution is 2.36. The first kappa shape index (κ1) is 22.0. The number of hydrogen-bond donors (Lipinski definition) is 2. The fourth-order valence-electron chi connectivity index (χ4n) is 3.35. The fraction of sp³-hybridized carbons (Fsp3) is 0.409. The van der Waals surface area contributed by atoms with Crippen molar-refractivity contribution in [3.63, 3.8) is 0 Å². The molecule has 3 amide bonds. The summed E-state index contributed by atoms with van der Waals surface area (Å²) in [5, 5.41) is 6.66. The second-order valence-corrected chi connectivity index (χ2v) is 8.64. The van der Waals surface area contributed by atoms with Gasteiger partial charge in [0.1, 0.15) is 5.03 Å². The van der Waals surface area contributed by atoms with Crippen molar-refractivity contribution in [2.75, 3.05) is 42.7 Å². The molecule has 30 heavy (non-hydrogen) atoms. The summed E-state index contributed by atoms with van der Waals surface area (Å²) < 4.78 is 0. The highest BCUT2D eigenvalue weighted by atomic mass is 32.2. The van der Waals surface area contributed by atoms with Crippen molar-refractivity contribution in [2.45, 2.75) is 31.8 Å². The van der Waals surface area contributed by atoms with Gasteiger partial charge in [-0.3, -0.25) is 9.69 Å². The molecule has 1 aromatic heterocycles. The van der Waals surface area contributed by atoms with Crippen molar-refractivity contribution in [3.05, 3.63) is 47.2 Å². The van der Waals surface area contributed by atoms with Gasteiger partial charge in [-0.05, 0) is 43.2 Å². The summed E-state index contributed by atoms with van der Waals surface area (Å²) in [5.74, 6) is 0.721. The SMILES string of the molecule is Cc1cc(C)c2c(n1)SCCN2C(=O)NCCC(=O)NCc1ccc(N(C)C)cc1. The van der Waals surface area contributed by atoms with Crippen molar-refractivity contribution in [1.82, 2.24) is 15.6 Å². The summed E-state index contributed by atoms with van der Waals surface area (Å²) in [4.78, 5) is 33.2. The monoisotopic (exact) mass is 427 g/mol. The van der Waals surface area contributed by atoms with Crippen LogP contribution in [0.4, 0.5) is 16.2 Å². The minimum absolute atomic E-state index is 0.0879. The first-order valence-corrected chi connectivity index (χ1v) is 11.0. The molecular formula is C22H29N5O2S. The number of nitrogens with one attached hydrogen (secondary N) is 2. The molecule has 2 aromatic rings. The molecule has 0 bridgehead atoms. The van der Waals surface area contributed by atoms with Crippen LogP contribution in [0.2, 0.25) is 0 Å². The number of carbonyl (C=O) groups is 2. The van der Waals surface area contributed by atoms with E-state index >= 15 is 0 Å². The Hall–Kier alpha value is -2.74. The number of amides is 3. The highest BCUT2D eigenvalue weighted by molar-refractivity contribution is 7.99. The van der Waals surface area contributed by atoms with Gasteiger partial charge in [0.05, 0.1) is 5.69 Å². The predicted octanol–water partition coefficient (Wildman–Crippen LogP) is 3.09. The van der Waals surface area contributed by atoms with Crippen molar-refractivity contribution >= 4 is 35.1 Å². The van der Waals surface area contributed by atoms with E-state index in [1.807, 2.05) is 63.2 Å². The van der Waals surface area contributed by atoms with E-state index in [2.05, 4.69) is 15.6 Å². The number of rotatable bonds is 6. The second-order valence-electron chi connectivity index (χ2n) is 7.55. The third-order valence-electron chi connectivity index (χ3n) is 4.92. The van der Waals surface area contributed by atoms with Gasteiger partial charge in [0.25, 0.3) is 0 Å². The lowest BCUT2D eigenvalue weighted by atomic mass is 10.2. The summed E-state index contributed by atoms with van der Waals surface area (Å²) in [5.41, 5.74) is 5.02. The third kappa shape index (κ3) is 5.44. The quantitative estimate of drug-likeness (QED) is 0.741. The number of fused-ring (bicyclic) bond motifs is 1. The smallest absolute Gasteiger partial charge is 0.322 e. The Morgan fingerprint density at radius 3 is 2.60 bits per heavy atom. The standard InChI is InChI=1S/C22H29N5O2S/c1-15-13-16(2)25-21-20(15)27(11-12-30-21)22(29)23-10-9-19(28)24-14-17-5-7-18(8-6-17)26(3)4/h5-8,13H,9-12,14H2,1-4H3,(H,23,29)(H,24,28). The van der Waals surface area contributed by atoms with Crippen LogP contribution in [0.25, 0.3) is 0 Å². The summed E-state index contributed by atoms with van der Waals surface area (Å²) in [6, 6.07) is 9.85. The number of anilines is 2. The molecule has 1 aromatic carbocycles. The summed E-state index contributed by atoms with van der Waals surface area (Å²) in [7, 11) is 3.98. The zero-order valence-electron chi connectivity index (χ0n) is 18.0. The molecule has 0 fully saturated rings. The van der Waals surface area contributed by atoms with Crippen LogP contribution < -0.4 is 20.4 Å². The Bertz CT molecular complexity index is 914. The predicted molar refractivity (Wildman–Crippen MR) is 122 cm³/mol. The maximum Gasteiger partial charge on any atom is 0.322 e. The molecule has 0 radical (unpaired) electrons. The molecule has 0 spiro atoms. The molecule has 0 saturated carbocycles. The first-order chi connectivity index (χ1) is 14.3. The van der Waals surface area contributed by atoms with Crippen LogP contribution in [0.3, 0.4) is 0 Å². The minimum atomic E-state index is -0.183. The Morgan fingerprint density at radius 2 is 1.90 bits per heavy atom. The highest BCUT2D eigenvalue weighted by Gasteiger charge is 2.26. The Morgan fingerprint density at radius 1 is 1.17 bits per heavy atom. The molecule has 0 atom stereocenters. The van der Waals surface area contributed by atoms with Gasteiger partial charge in [-0.2, -0.15) is 0 Å². The van der Waals surface area contributed by atoms with Crippen molar-refractivity contribution in [2.24, 2.45) is 0 Å². The number of pyridine rings is 1. The zero-order valence-corrected chi connectivity index (χ0v) is 18.8. The van der Waals surface area contributed by atoms with Crippen LogP contribution >= 0.6 is 11.8 Å². The average molecular weight is 428 g/mol. The van der Waals surface area contributed by atoms with Crippen LogP contribution in [0.1, 0.15) is 23.2 Å². The van der Waals surface area contributed by atoms with Gasteiger partial charge in [0.15, 0.2) is 0 Å². The van der Waals surface area contributed by atoms with E-state index in [-0.39, 0.29) is 18.4 Å². The summed E-state index contributed by atoms with van der Waals surface area (Å²) >= 11 is 1.67. The van der Waals surface area contributed by atoms with E-state index < -0.39 is 0 Å². The van der Waals surface area contributed by atoms with Gasteiger partial charge >= 0.3 is 6.03 Å². The van der Waals surface area contributed by atoms with Gasteiger partial charge in [0.2, 0.25) is 5.91 Å². The van der Waals surface area contributed by atoms with Gasteiger partial charge in [-0.25, -0.2) is 9.78 Å². The molecule has 7 nitrogen and oxygen atoms in total. The van der Waals surface area contributed by atoms with E-state index in [1.54, 1.807) is 16.7 Å². The van der Waals surface area contributed by atoms with E-state index in [0.717, 1.165) is 39.0 Å². The van der Waals surface area contributed by atoms with Crippen molar-refractivity contribution in [1.29, 1.82) is 0 Å². The van der Waals surface area contributed by atoms with Gasteiger partial charge in [0, 0.05) is 57.3 Å². The first-order valence-electron chi connectivity index (χ1n) is 10.0. The van der Waals surface area contributed by atoms with Crippen LogP contribution in [-0.2, 0) is 11.3 Å². The molecule has 2 heterocycles. The number of thioether (sulfide) groups is 1. The largest absolute Gasteiger partial charge is 0.378 e. The number of nitrogens with zero attached hydrogens (tertiary/aromatic N) is 3. The van der Waals surface area contributed by atoms with Crippen LogP contribution in [0.15, 0.2) is 35.4 Å².